The number of rotatable bonds is 6. The van der Waals surface area contributed by atoms with Gasteiger partial charge in [-0.25, -0.2) is 9.69 Å². The summed E-state index contributed by atoms with van der Waals surface area (Å²) in [6.07, 6.45) is 1.16. The van der Waals surface area contributed by atoms with Crippen molar-refractivity contribution in [2.45, 2.75) is 31.8 Å². The number of ether oxygens (including phenoxy) is 1. The van der Waals surface area contributed by atoms with E-state index >= 15 is 0 Å². The predicted molar refractivity (Wildman–Crippen MR) is 144 cm³/mol. The van der Waals surface area contributed by atoms with Crippen LogP contribution in [0.25, 0.3) is 10.9 Å². The maximum Gasteiger partial charge on any atom is 0.332 e. The Bertz CT molecular complexity index is 1560. The van der Waals surface area contributed by atoms with E-state index in [2.05, 4.69) is 10.3 Å². The number of hydrogen-bond acceptors (Lipinski definition) is 4. The monoisotopic (exact) mass is 508 g/mol. The van der Waals surface area contributed by atoms with Crippen LogP contribution in [0.4, 0.5) is 10.5 Å². The zero-order valence-corrected chi connectivity index (χ0v) is 21.2. The second-order valence-electron chi connectivity index (χ2n) is 9.59. The minimum atomic E-state index is -0.701. The highest BCUT2D eigenvalue weighted by molar-refractivity contribution is 6.24. The Kier molecular flexibility index (Phi) is 5.87. The second kappa shape index (κ2) is 9.37. The van der Waals surface area contributed by atoms with Crippen LogP contribution in [0.15, 0.2) is 72.8 Å². The third kappa shape index (κ3) is 3.63. The van der Waals surface area contributed by atoms with Crippen molar-refractivity contribution >= 4 is 34.4 Å². The number of benzene rings is 3. The Morgan fingerprint density at radius 3 is 2.53 bits per heavy atom. The van der Waals surface area contributed by atoms with Crippen molar-refractivity contribution in [2.24, 2.45) is 0 Å². The summed E-state index contributed by atoms with van der Waals surface area (Å²) in [7, 11) is 1.61. The summed E-state index contributed by atoms with van der Waals surface area (Å²) < 4.78 is 5.35. The zero-order valence-electron chi connectivity index (χ0n) is 21.2. The van der Waals surface area contributed by atoms with Crippen molar-refractivity contribution in [1.82, 2.24) is 15.2 Å². The lowest BCUT2D eigenvalue weighted by Crippen LogP contribution is -2.44. The normalized spacial score (nSPS) is 18.5. The number of H-pyrrole nitrogens is 1. The largest absolute Gasteiger partial charge is 0.497 e. The van der Waals surface area contributed by atoms with Gasteiger partial charge in [-0.05, 0) is 47.9 Å². The molecule has 2 atom stereocenters. The molecule has 1 fully saturated rings. The number of anilines is 1. The molecule has 6 rings (SSSR count). The number of carbonyl (C=O) groups is 3. The number of carbonyl (C=O) groups excluding carboxylic acids is 3. The van der Waals surface area contributed by atoms with Crippen LogP contribution >= 0.6 is 0 Å². The third-order valence-electron chi connectivity index (χ3n) is 7.41. The van der Waals surface area contributed by atoms with Crippen molar-refractivity contribution in [3.63, 3.8) is 0 Å². The van der Waals surface area contributed by atoms with Crippen LogP contribution in [0.1, 0.15) is 46.6 Å². The molecule has 8 heteroatoms. The summed E-state index contributed by atoms with van der Waals surface area (Å²) in [6, 6.07) is 20.7. The van der Waals surface area contributed by atoms with E-state index in [9.17, 15) is 14.4 Å². The van der Waals surface area contributed by atoms with Gasteiger partial charge < -0.3 is 15.0 Å². The van der Waals surface area contributed by atoms with E-state index in [4.69, 9.17) is 4.74 Å². The molecule has 3 aromatic carbocycles. The molecule has 3 heterocycles. The average molecular weight is 509 g/mol. The zero-order chi connectivity index (χ0) is 26.4. The number of nitrogens with one attached hydrogen (secondary N) is 2. The lowest BCUT2D eigenvalue weighted by molar-refractivity contribution is -0.120. The highest BCUT2D eigenvalue weighted by atomic mass is 16.5. The summed E-state index contributed by atoms with van der Waals surface area (Å²) >= 11 is 0. The number of urea groups is 1. The van der Waals surface area contributed by atoms with E-state index in [1.807, 2.05) is 55.5 Å². The highest BCUT2D eigenvalue weighted by Crippen LogP contribution is 2.45. The molecule has 1 saturated heterocycles. The van der Waals surface area contributed by atoms with Crippen molar-refractivity contribution in [1.29, 1.82) is 0 Å². The fraction of sp³-hybridized carbons (Fsp3) is 0.233. The van der Waals surface area contributed by atoms with Gasteiger partial charge in [-0.3, -0.25) is 14.5 Å². The molecular formula is C30H28N4O4. The van der Waals surface area contributed by atoms with Crippen LogP contribution in [0, 0.1) is 0 Å². The maximum atomic E-state index is 14.1. The SMILES string of the molecule is CCCNC(=O)c1ccccc1N1C(=O)C2Cc3c([nH]c4ccccc34)C(c3ccc(OC)cc3)N2C1=O. The van der Waals surface area contributed by atoms with Gasteiger partial charge in [-0.1, -0.05) is 49.4 Å². The Morgan fingerprint density at radius 2 is 1.76 bits per heavy atom. The van der Waals surface area contributed by atoms with Crippen LogP contribution in [0.2, 0.25) is 0 Å². The summed E-state index contributed by atoms with van der Waals surface area (Å²) in [5.41, 5.74) is 4.34. The number of imide groups is 1. The van der Waals surface area contributed by atoms with Crippen LogP contribution in [-0.4, -0.2) is 47.4 Å². The predicted octanol–water partition coefficient (Wildman–Crippen LogP) is 4.80. The first-order chi connectivity index (χ1) is 18.5. The van der Waals surface area contributed by atoms with Crippen molar-refractivity contribution in [3.05, 3.63) is 95.2 Å². The lowest BCUT2D eigenvalue weighted by Gasteiger charge is -2.36. The number of methoxy groups -OCH3 is 1. The summed E-state index contributed by atoms with van der Waals surface area (Å²) in [5.74, 6) is 0.0616. The van der Waals surface area contributed by atoms with Crippen molar-refractivity contribution < 1.29 is 19.1 Å². The van der Waals surface area contributed by atoms with Gasteiger partial charge in [0.1, 0.15) is 17.8 Å². The second-order valence-corrected chi connectivity index (χ2v) is 9.59. The van der Waals surface area contributed by atoms with Gasteiger partial charge in [0.25, 0.3) is 11.8 Å². The minimum absolute atomic E-state index is 0.299. The summed E-state index contributed by atoms with van der Waals surface area (Å²) in [5, 5.41) is 3.90. The van der Waals surface area contributed by atoms with E-state index in [-0.39, 0.29) is 11.8 Å². The molecule has 8 nitrogen and oxygen atoms in total. The van der Waals surface area contributed by atoms with Crippen LogP contribution < -0.4 is 15.0 Å². The van der Waals surface area contributed by atoms with E-state index < -0.39 is 18.1 Å². The molecule has 4 aromatic rings. The Balaban J connectivity index is 1.48. The molecule has 2 aliphatic heterocycles. The minimum Gasteiger partial charge on any atom is -0.497 e. The smallest absolute Gasteiger partial charge is 0.332 e. The highest BCUT2D eigenvalue weighted by Gasteiger charge is 2.53. The molecule has 2 aliphatic rings. The third-order valence-corrected chi connectivity index (χ3v) is 7.41. The quantitative estimate of drug-likeness (QED) is 0.366. The number of nitrogens with zero attached hydrogens (tertiary/aromatic N) is 2. The van der Waals surface area contributed by atoms with Crippen LogP contribution in [-0.2, 0) is 11.2 Å². The summed E-state index contributed by atoms with van der Waals surface area (Å²) in [4.78, 5) is 47.4. The van der Waals surface area contributed by atoms with Crippen LogP contribution in [0.3, 0.4) is 0 Å². The van der Waals surface area contributed by atoms with Crippen molar-refractivity contribution in [3.8, 4) is 5.75 Å². The molecule has 192 valence electrons. The number of aromatic nitrogens is 1. The van der Waals surface area contributed by atoms with E-state index in [0.717, 1.165) is 34.1 Å². The van der Waals surface area contributed by atoms with Gasteiger partial charge in [0.15, 0.2) is 0 Å². The van der Waals surface area contributed by atoms with E-state index in [1.54, 1.807) is 36.3 Å². The molecule has 0 aliphatic carbocycles. The number of para-hydroxylation sites is 2. The Hall–Kier alpha value is -4.59. The average Bonchev–Trinajstić information content (AvgIpc) is 3.44. The fourth-order valence-corrected chi connectivity index (χ4v) is 5.62. The first kappa shape index (κ1) is 23.8. The van der Waals surface area contributed by atoms with Gasteiger partial charge >= 0.3 is 6.03 Å². The molecule has 0 saturated carbocycles. The first-order valence-electron chi connectivity index (χ1n) is 12.8. The fourth-order valence-electron chi connectivity index (χ4n) is 5.62. The van der Waals surface area contributed by atoms with Crippen LogP contribution in [0.5, 0.6) is 5.75 Å². The molecule has 0 spiro atoms. The van der Waals surface area contributed by atoms with Gasteiger partial charge in [0.2, 0.25) is 0 Å². The molecule has 4 amide bonds. The molecular weight excluding hydrogens is 480 g/mol. The van der Waals surface area contributed by atoms with Crippen molar-refractivity contribution in [2.75, 3.05) is 18.6 Å². The van der Waals surface area contributed by atoms with E-state index in [1.165, 1.54) is 4.90 Å². The van der Waals surface area contributed by atoms with Gasteiger partial charge in [-0.2, -0.15) is 0 Å². The van der Waals surface area contributed by atoms with Gasteiger partial charge in [0, 0.05) is 29.6 Å². The number of hydrogen-bond donors (Lipinski definition) is 2. The Labute approximate surface area is 220 Å². The number of aromatic amines is 1. The standard InChI is InChI=1S/C30H28N4O4/c1-3-16-31-28(35)21-9-5-7-11-24(21)34-29(36)25-17-22-20-8-4-6-10-23(20)32-26(22)27(33(25)30(34)37)18-12-14-19(38-2)15-13-18/h4-15,25,27,32H,3,16-17H2,1-2H3,(H,31,35). The van der Waals surface area contributed by atoms with Gasteiger partial charge in [0.05, 0.1) is 18.4 Å². The molecule has 38 heavy (non-hydrogen) atoms. The molecule has 0 radical (unpaired) electrons. The molecule has 2 unspecified atom stereocenters. The first-order valence-corrected chi connectivity index (χ1v) is 12.8. The van der Waals surface area contributed by atoms with Gasteiger partial charge in [-0.15, -0.1) is 0 Å². The Morgan fingerprint density at radius 1 is 1.03 bits per heavy atom. The number of fused-ring (bicyclic) bond motifs is 4. The lowest BCUT2D eigenvalue weighted by atomic mass is 9.89. The topological polar surface area (TPSA) is 94.7 Å². The number of amides is 4. The molecule has 1 aromatic heterocycles. The molecule has 2 N–H and O–H groups in total. The van der Waals surface area contributed by atoms with E-state index in [0.29, 0.717) is 30.0 Å². The molecule has 0 bridgehead atoms. The maximum absolute atomic E-state index is 14.1. The summed E-state index contributed by atoms with van der Waals surface area (Å²) in [6.45, 7) is 2.47.